The highest BCUT2D eigenvalue weighted by molar-refractivity contribution is 5.67. The smallest absolute Gasteiger partial charge is 0.416 e. The first-order valence-corrected chi connectivity index (χ1v) is 11.8. The van der Waals surface area contributed by atoms with Crippen LogP contribution in [0.25, 0.3) is 6.08 Å². The molecule has 2 aromatic carbocycles. The molecule has 2 aromatic rings. The molecule has 0 amide bonds. The van der Waals surface area contributed by atoms with Gasteiger partial charge in [0.15, 0.2) is 0 Å². The molecule has 5 nitrogen and oxygen atoms in total. The van der Waals surface area contributed by atoms with E-state index in [2.05, 4.69) is 4.90 Å². The van der Waals surface area contributed by atoms with Crippen LogP contribution in [0.3, 0.4) is 0 Å². The molecule has 1 N–H and O–H groups in total. The zero-order valence-electron chi connectivity index (χ0n) is 20.0. The van der Waals surface area contributed by atoms with Crippen molar-refractivity contribution in [3.63, 3.8) is 0 Å². The van der Waals surface area contributed by atoms with Crippen molar-refractivity contribution in [1.29, 1.82) is 0 Å². The van der Waals surface area contributed by atoms with Crippen LogP contribution in [0.4, 0.5) is 30.7 Å². The van der Waals surface area contributed by atoms with E-state index in [1.54, 1.807) is 6.08 Å². The Kier molecular flexibility index (Phi) is 7.91. The number of hydrogen-bond donors (Lipinski definition) is 1. The fourth-order valence-corrected chi connectivity index (χ4v) is 4.61. The third kappa shape index (κ3) is 6.77. The van der Waals surface area contributed by atoms with Crippen LogP contribution in [0.1, 0.15) is 41.5 Å². The minimum absolute atomic E-state index is 0.0240. The summed E-state index contributed by atoms with van der Waals surface area (Å²) in [4.78, 5) is 13.0. The maximum atomic E-state index is 14.9. The highest BCUT2D eigenvalue weighted by atomic mass is 19.4. The Labute approximate surface area is 213 Å². The van der Waals surface area contributed by atoms with E-state index in [4.69, 9.17) is 14.6 Å². The van der Waals surface area contributed by atoms with Crippen LogP contribution in [0.5, 0.6) is 11.5 Å². The van der Waals surface area contributed by atoms with Crippen LogP contribution in [0.2, 0.25) is 0 Å². The number of rotatable bonds is 7. The number of carbonyl (C=O) groups is 1. The van der Waals surface area contributed by atoms with Crippen LogP contribution in [-0.4, -0.2) is 42.2 Å². The number of benzene rings is 2. The van der Waals surface area contributed by atoms with Gasteiger partial charge in [-0.3, -0.25) is 9.69 Å². The topological polar surface area (TPSA) is 59.0 Å². The number of aliphatic carboxylic acids is 1. The molecule has 0 unspecified atom stereocenters. The average Bonchev–Trinajstić information content (AvgIpc) is 2.83. The molecule has 1 saturated heterocycles. The number of hydrogen-bond acceptors (Lipinski definition) is 4. The lowest BCUT2D eigenvalue weighted by Gasteiger charge is -2.32. The highest BCUT2D eigenvalue weighted by Crippen LogP contribution is 2.38. The van der Waals surface area contributed by atoms with E-state index in [0.717, 1.165) is 24.5 Å². The predicted molar refractivity (Wildman–Crippen MR) is 122 cm³/mol. The van der Waals surface area contributed by atoms with Gasteiger partial charge in [-0.1, -0.05) is 6.07 Å². The largest absolute Gasteiger partial charge is 0.489 e. The molecular formula is C26H24F7NO4. The third-order valence-electron chi connectivity index (χ3n) is 6.56. The van der Waals surface area contributed by atoms with Gasteiger partial charge in [0.1, 0.15) is 30.5 Å². The SMILES string of the molecule is O=C(O)CC1CCN(CC2=Cc3c(F)cc(OCc4ccc(C(F)(F)F)cc4C(F)(F)F)cc3OC2)CC1. The summed E-state index contributed by atoms with van der Waals surface area (Å²) in [6, 6.07) is 3.55. The van der Waals surface area contributed by atoms with Crippen molar-refractivity contribution in [2.75, 3.05) is 26.2 Å². The number of likely N-dealkylation sites (tertiary alicyclic amines) is 1. The first kappa shape index (κ1) is 27.7. The number of halogens is 7. The van der Waals surface area contributed by atoms with Crippen LogP contribution >= 0.6 is 0 Å². The van der Waals surface area contributed by atoms with Crippen molar-refractivity contribution < 1.29 is 50.1 Å². The summed E-state index contributed by atoms with van der Waals surface area (Å²) in [5.41, 5.74) is -2.49. The molecule has 0 aromatic heterocycles. The molecule has 2 aliphatic rings. The monoisotopic (exact) mass is 547 g/mol. The number of carboxylic acids is 1. The van der Waals surface area contributed by atoms with E-state index in [1.807, 2.05) is 0 Å². The molecule has 2 aliphatic heterocycles. The summed E-state index contributed by atoms with van der Waals surface area (Å²) < 4.78 is 105. The summed E-state index contributed by atoms with van der Waals surface area (Å²) in [5, 5.41) is 8.94. The van der Waals surface area contributed by atoms with Gasteiger partial charge in [0.25, 0.3) is 0 Å². The van der Waals surface area contributed by atoms with Crippen LogP contribution in [0, 0.1) is 11.7 Å². The minimum atomic E-state index is -5.04. The normalized spacial score (nSPS) is 17.0. The van der Waals surface area contributed by atoms with E-state index in [0.29, 0.717) is 31.8 Å². The number of piperidine rings is 1. The molecule has 0 spiro atoms. The Morgan fingerprint density at radius 2 is 1.76 bits per heavy atom. The van der Waals surface area contributed by atoms with Gasteiger partial charge in [0.2, 0.25) is 0 Å². The van der Waals surface area contributed by atoms with Gasteiger partial charge >= 0.3 is 18.3 Å². The molecular weight excluding hydrogens is 523 g/mol. The number of ether oxygens (including phenoxy) is 2. The van der Waals surface area contributed by atoms with E-state index in [9.17, 15) is 35.5 Å². The quantitative estimate of drug-likeness (QED) is 0.407. The first-order chi connectivity index (χ1) is 17.8. The van der Waals surface area contributed by atoms with E-state index >= 15 is 0 Å². The minimum Gasteiger partial charge on any atom is -0.489 e. The third-order valence-corrected chi connectivity index (χ3v) is 6.56. The van der Waals surface area contributed by atoms with E-state index in [-0.39, 0.29) is 42.1 Å². The maximum absolute atomic E-state index is 14.9. The fourth-order valence-electron chi connectivity index (χ4n) is 4.61. The Hall–Kier alpha value is -3.28. The van der Waals surface area contributed by atoms with Crippen molar-refractivity contribution in [3.05, 3.63) is 64.0 Å². The average molecular weight is 547 g/mol. The second kappa shape index (κ2) is 10.8. The molecule has 2 heterocycles. The van der Waals surface area contributed by atoms with Crippen molar-refractivity contribution in [2.24, 2.45) is 5.92 Å². The van der Waals surface area contributed by atoms with Gasteiger partial charge in [0.05, 0.1) is 16.7 Å². The van der Waals surface area contributed by atoms with Gasteiger partial charge < -0.3 is 14.6 Å². The summed E-state index contributed by atoms with van der Waals surface area (Å²) in [5.74, 6) is -1.41. The van der Waals surface area contributed by atoms with Crippen LogP contribution in [0.15, 0.2) is 35.9 Å². The number of carboxylic acid groups (broad SMARTS) is 1. The molecule has 0 radical (unpaired) electrons. The lowest BCUT2D eigenvalue weighted by Crippen LogP contribution is -2.36. The van der Waals surface area contributed by atoms with Gasteiger partial charge in [-0.2, -0.15) is 26.3 Å². The Bertz CT molecular complexity index is 1220. The van der Waals surface area contributed by atoms with Crippen molar-refractivity contribution in [2.45, 2.75) is 38.2 Å². The van der Waals surface area contributed by atoms with Crippen LogP contribution < -0.4 is 9.47 Å². The lowest BCUT2D eigenvalue weighted by atomic mass is 9.93. The second-order valence-corrected chi connectivity index (χ2v) is 9.38. The molecule has 206 valence electrons. The van der Waals surface area contributed by atoms with Crippen molar-refractivity contribution in [3.8, 4) is 11.5 Å². The first-order valence-electron chi connectivity index (χ1n) is 11.8. The summed E-state index contributed by atoms with van der Waals surface area (Å²) in [6.07, 6.45) is -6.71. The maximum Gasteiger partial charge on any atom is 0.416 e. The van der Waals surface area contributed by atoms with Gasteiger partial charge in [0, 0.05) is 30.7 Å². The highest BCUT2D eigenvalue weighted by Gasteiger charge is 2.38. The zero-order chi connectivity index (χ0) is 27.7. The summed E-state index contributed by atoms with van der Waals surface area (Å²) in [7, 11) is 0. The van der Waals surface area contributed by atoms with E-state index in [1.165, 1.54) is 6.07 Å². The fraction of sp³-hybridized carbons (Fsp3) is 0.423. The number of fused-ring (bicyclic) bond motifs is 1. The molecule has 0 saturated carbocycles. The standard InChI is InChI=1S/C26H24F7NO4/c27-22-10-19(37-14-17-1-2-18(25(28,29)30)9-21(17)26(31,32)33)11-23-20(22)7-16(13-38-23)12-34-5-3-15(4-6-34)8-24(35)36/h1-2,7,9-11,15H,3-6,8,12-14H2,(H,35,36). The van der Waals surface area contributed by atoms with Gasteiger partial charge in [-0.05, 0) is 55.6 Å². The molecule has 4 rings (SSSR count). The van der Waals surface area contributed by atoms with Crippen molar-refractivity contribution >= 4 is 12.0 Å². The molecule has 0 bridgehead atoms. The molecule has 0 aliphatic carbocycles. The summed E-state index contributed by atoms with van der Waals surface area (Å²) >= 11 is 0. The second-order valence-electron chi connectivity index (χ2n) is 9.38. The van der Waals surface area contributed by atoms with Gasteiger partial charge in [-0.25, -0.2) is 4.39 Å². The molecule has 38 heavy (non-hydrogen) atoms. The Morgan fingerprint density at radius 1 is 1.05 bits per heavy atom. The number of alkyl halides is 6. The Morgan fingerprint density at radius 3 is 2.39 bits per heavy atom. The molecule has 0 atom stereocenters. The van der Waals surface area contributed by atoms with Crippen molar-refractivity contribution in [1.82, 2.24) is 4.90 Å². The number of nitrogens with zero attached hydrogens (tertiary/aromatic N) is 1. The zero-order valence-corrected chi connectivity index (χ0v) is 20.0. The van der Waals surface area contributed by atoms with Crippen LogP contribution in [-0.2, 0) is 23.8 Å². The molecule has 1 fully saturated rings. The summed E-state index contributed by atoms with van der Waals surface area (Å²) in [6.45, 7) is 1.36. The van der Waals surface area contributed by atoms with E-state index < -0.39 is 47.4 Å². The predicted octanol–water partition coefficient (Wildman–Crippen LogP) is 6.40. The lowest BCUT2D eigenvalue weighted by molar-refractivity contribution is -0.144. The Balaban J connectivity index is 1.43. The van der Waals surface area contributed by atoms with Gasteiger partial charge in [-0.15, -0.1) is 0 Å². The molecule has 12 heteroatoms.